The molecule has 0 bridgehead atoms. The first-order chi connectivity index (χ1) is 14.7. The average Bonchev–Trinajstić information content (AvgIpc) is 3.30. The summed E-state index contributed by atoms with van der Waals surface area (Å²) in [5.41, 5.74) is 9.73. The van der Waals surface area contributed by atoms with Crippen molar-refractivity contribution in [1.82, 2.24) is 0 Å². The molecule has 0 fully saturated rings. The van der Waals surface area contributed by atoms with Gasteiger partial charge in [-0.15, -0.1) is 0 Å². The minimum atomic E-state index is -0.00996. The van der Waals surface area contributed by atoms with E-state index in [2.05, 4.69) is 73.7 Å². The van der Waals surface area contributed by atoms with E-state index >= 15 is 0 Å². The first kappa shape index (κ1) is 20.3. The van der Waals surface area contributed by atoms with Crippen molar-refractivity contribution in [1.29, 1.82) is 0 Å². The Bertz CT molecular complexity index is 1060. The highest BCUT2D eigenvalue weighted by Crippen LogP contribution is 2.57. The van der Waals surface area contributed by atoms with Gasteiger partial charge in [0.2, 0.25) is 0 Å². The van der Waals surface area contributed by atoms with Crippen LogP contribution in [0.5, 0.6) is 11.5 Å². The fourth-order valence-corrected chi connectivity index (χ4v) is 5.24. The molecule has 5 rings (SSSR count). The zero-order chi connectivity index (χ0) is 21.3. The molecule has 0 radical (unpaired) electrons. The molecule has 0 aliphatic heterocycles. The van der Waals surface area contributed by atoms with Gasteiger partial charge in [0.1, 0.15) is 11.5 Å². The average molecular weight is 399 g/mol. The Hall–Kier alpha value is -3.00. The van der Waals surface area contributed by atoms with Gasteiger partial charge in [-0.25, -0.2) is 0 Å². The highest BCUT2D eigenvalue weighted by atomic mass is 16.5. The summed E-state index contributed by atoms with van der Waals surface area (Å²) < 4.78 is 10.9. The van der Waals surface area contributed by atoms with Gasteiger partial charge in [-0.05, 0) is 83.0 Å². The molecule has 30 heavy (non-hydrogen) atoms. The molecule has 3 aromatic carbocycles. The summed E-state index contributed by atoms with van der Waals surface area (Å²) in [6, 6.07) is 24.0. The van der Waals surface area contributed by atoms with Crippen LogP contribution in [0.3, 0.4) is 0 Å². The summed E-state index contributed by atoms with van der Waals surface area (Å²) in [6.45, 7) is 6.26. The van der Waals surface area contributed by atoms with Crippen LogP contribution in [0.25, 0.3) is 11.1 Å². The van der Waals surface area contributed by atoms with Gasteiger partial charge >= 0.3 is 0 Å². The number of benzene rings is 3. The van der Waals surface area contributed by atoms with Gasteiger partial charge in [-0.3, -0.25) is 0 Å². The van der Waals surface area contributed by atoms with E-state index in [0.717, 1.165) is 24.3 Å². The number of allylic oxidation sites excluding steroid dienone is 2. The normalized spacial score (nSPS) is 15.4. The molecule has 0 saturated heterocycles. The van der Waals surface area contributed by atoms with E-state index in [1.807, 2.05) is 13.8 Å². The number of hydrogen-bond acceptors (Lipinski definition) is 2. The smallest absolute Gasteiger partial charge is 0.119 e. The van der Waals surface area contributed by atoms with Crippen molar-refractivity contribution < 1.29 is 9.47 Å². The van der Waals surface area contributed by atoms with Gasteiger partial charge in [0, 0.05) is 5.41 Å². The van der Waals surface area contributed by atoms with Crippen molar-refractivity contribution in [3.8, 4) is 11.5 Å². The van der Waals surface area contributed by atoms with E-state index in [9.17, 15) is 0 Å². The largest absolute Gasteiger partial charge is 0.497 e. The van der Waals surface area contributed by atoms with Crippen LogP contribution >= 0.6 is 0 Å². The first-order valence-corrected chi connectivity index (χ1v) is 10.8. The van der Waals surface area contributed by atoms with Crippen LogP contribution in [0, 0.1) is 0 Å². The molecule has 2 heteroatoms. The van der Waals surface area contributed by atoms with Crippen molar-refractivity contribution in [2.75, 3.05) is 14.2 Å². The molecule has 0 aromatic heterocycles. The monoisotopic (exact) mass is 398 g/mol. The SMILES string of the molecule is CC.COc1ccc(C2=C(C)c3cc(OC)ccc3C23Cc2ccccc2C3)cc1. The molecule has 0 atom stereocenters. The van der Waals surface area contributed by atoms with E-state index in [4.69, 9.17) is 9.47 Å². The second-order valence-corrected chi connectivity index (χ2v) is 7.84. The zero-order valence-electron chi connectivity index (χ0n) is 18.6. The molecule has 3 aromatic rings. The molecule has 0 N–H and O–H groups in total. The minimum Gasteiger partial charge on any atom is -0.497 e. The van der Waals surface area contributed by atoms with Gasteiger partial charge in [0.25, 0.3) is 0 Å². The van der Waals surface area contributed by atoms with Crippen molar-refractivity contribution >= 4 is 11.1 Å². The predicted octanol–water partition coefficient (Wildman–Crippen LogP) is 6.71. The van der Waals surface area contributed by atoms with Gasteiger partial charge in [-0.2, -0.15) is 0 Å². The fourth-order valence-electron chi connectivity index (χ4n) is 5.24. The topological polar surface area (TPSA) is 18.5 Å². The van der Waals surface area contributed by atoms with Crippen LogP contribution < -0.4 is 9.47 Å². The Balaban J connectivity index is 0.00000106. The molecule has 0 saturated carbocycles. The number of fused-ring (bicyclic) bond motifs is 3. The summed E-state index contributed by atoms with van der Waals surface area (Å²) in [4.78, 5) is 0. The molecule has 2 aliphatic rings. The molecule has 0 unspecified atom stereocenters. The molecular formula is C28H30O2. The maximum atomic E-state index is 5.53. The van der Waals surface area contributed by atoms with E-state index in [1.165, 1.54) is 39.0 Å². The van der Waals surface area contributed by atoms with E-state index < -0.39 is 0 Å². The second kappa shape index (κ2) is 8.02. The summed E-state index contributed by atoms with van der Waals surface area (Å²) >= 11 is 0. The van der Waals surface area contributed by atoms with Crippen molar-refractivity contribution in [2.45, 2.75) is 39.0 Å². The molecule has 2 nitrogen and oxygen atoms in total. The number of rotatable bonds is 3. The Kier molecular flexibility index (Phi) is 5.42. The van der Waals surface area contributed by atoms with Crippen LogP contribution in [0.2, 0.25) is 0 Å². The highest BCUT2D eigenvalue weighted by molar-refractivity contribution is 6.02. The lowest BCUT2D eigenvalue weighted by molar-refractivity contribution is 0.414. The van der Waals surface area contributed by atoms with Crippen LogP contribution in [-0.2, 0) is 18.3 Å². The van der Waals surface area contributed by atoms with Gasteiger partial charge < -0.3 is 9.47 Å². The number of ether oxygens (including phenoxy) is 2. The molecule has 154 valence electrons. The number of hydrogen-bond donors (Lipinski definition) is 0. The first-order valence-electron chi connectivity index (χ1n) is 10.8. The Labute approximate surface area is 180 Å². The van der Waals surface area contributed by atoms with Gasteiger partial charge in [0.05, 0.1) is 14.2 Å². The molecule has 0 amide bonds. The second-order valence-electron chi connectivity index (χ2n) is 7.84. The van der Waals surface area contributed by atoms with Crippen LogP contribution in [-0.4, -0.2) is 14.2 Å². The lowest BCUT2D eigenvalue weighted by Crippen LogP contribution is -2.26. The van der Waals surface area contributed by atoms with E-state index in [1.54, 1.807) is 14.2 Å². The Morgan fingerprint density at radius 2 is 1.30 bits per heavy atom. The lowest BCUT2D eigenvalue weighted by Gasteiger charge is -2.30. The molecule has 0 heterocycles. The van der Waals surface area contributed by atoms with E-state index in [-0.39, 0.29) is 5.41 Å². The summed E-state index contributed by atoms with van der Waals surface area (Å²) in [6.07, 6.45) is 2.09. The third-order valence-corrected chi connectivity index (χ3v) is 6.48. The van der Waals surface area contributed by atoms with Crippen molar-refractivity contribution in [2.24, 2.45) is 0 Å². The van der Waals surface area contributed by atoms with Gasteiger partial charge in [0.15, 0.2) is 0 Å². The molecule has 2 aliphatic carbocycles. The Morgan fingerprint density at radius 3 is 1.87 bits per heavy atom. The maximum absolute atomic E-state index is 5.53. The predicted molar refractivity (Wildman–Crippen MR) is 125 cm³/mol. The number of methoxy groups -OCH3 is 2. The minimum absolute atomic E-state index is 0.00996. The Morgan fingerprint density at radius 1 is 0.733 bits per heavy atom. The van der Waals surface area contributed by atoms with Crippen LogP contribution in [0.1, 0.15) is 48.6 Å². The summed E-state index contributed by atoms with van der Waals surface area (Å²) in [5.74, 6) is 1.81. The van der Waals surface area contributed by atoms with Crippen LogP contribution in [0.15, 0.2) is 66.7 Å². The third kappa shape index (κ3) is 3.02. The highest BCUT2D eigenvalue weighted by Gasteiger charge is 2.48. The van der Waals surface area contributed by atoms with Crippen molar-refractivity contribution in [3.05, 3.63) is 94.5 Å². The standard InChI is InChI=1S/C26H24O2.C2H6/c1-17-23-14-22(28-3)12-13-24(23)26(15-19-6-4-5-7-20(19)16-26)25(17)18-8-10-21(27-2)11-9-18;1-2/h4-14H,15-16H2,1-3H3;1-2H3. The summed E-state index contributed by atoms with van der Waals surface area (Å²) in [5, 5.41) is 0. The fraction of sp³-hybridized carbons (Fsp3) is 0.286. The van der Waals surface area contributed by atoms with Gasteiger partial charge in [-0.1, -0.05) is 56.3 Å². The molecule has 1 spiro atoms. The quantitative estimate of drug-likeness (QED) is 0.488. The van der Waals surface area contributed by atoms with Crippen molar-refractivity contribution in [3.63, 3.8) is 0 Å². The summed E-state index contributed by atoms with van der Waals surface area (Å²) in [7, 11) is 3.45. The lowest BCUT2D eigenvalue weighted by atomic mass is 9.72. The zero-order valence-corrected chi connectivity index (χ0v) is 18.6. The van der Waals surface area contributed by atoms with E-state index in [0.29, 0.717) is 0 Å². The maximum Gasteiger partial charge on any atom is 0.119 e. The third-order valence-electron chi connectivity index (χ3n) is 6.48. The van der Waals surface area contributed by atoms with Crippen LogP contribution in [0.4, 0.5) is 0 Å². The molecular weight excluding hydrogens is 368 g/mol.